The average molecular weight is 391 g/mol. The van der Waals surface area contributed by atoms with Gasteiger partial charge in [-0.3, -0.25) is 0 Å². The predicted octanol–water partition coefficient (Wildman–Crippen LogP) is 4.53. The van der Waals surface area contributed by atoms with Crippen LogP contribution < -0.4 is 0 Å². The van der Waals surface area contributed by atoms with E-state index in [1.807, 2.05) is 24.3 Å². The van der Waals surface area contributed by atoms with Gasteiger partial charge in [0.1, 0.15) is 5.82 Å². The zero-order valence-corrected chi connectivity index (χ0v) is 13.2. The van der Waals surface area contributed by atoms with Crippen molar-refractivity contribution < 1.29 is 9.50 Å². The van der Waals surface area contributed by atoms with Crippen LogP contribution in [0.1, 0.15) is 18.1 Å². The van der Waals surface area contributed by atoms with Crippen molar-refractivity contribution in [3.05, 3.63) is 68.0 Å². The van der Waals surface area contributed by atoms with E-state index in [-0.39, 0.29) is 5.02 Å². The SMILES string of the molecule is CC(O)(Cc1ccc(F)c(Cl)c1)c1ccc(I)cc1. The molecule has 2 rings (SSSR count). The van der Waals surface area contributed by atoms with Crippen LogP contribution in [0.25, 0.3) is 0 Å². The summed E-state index contributed by atoms with van der Waals surface area (Å²) in [6.07, 6.45) is 0.383. The Balaban J connectivity index is 2.25. The maximum atomic E-state index is 13.1. The van der Waals surface area contributed by atoms with Crippen LogP contribution in [0.3, 0.4) is 0 Å². The van der Waals surface area contributed by atoms with E-state index < -0.39 is 11.4 Å². The summed E-state index contributed by atoms with van der Waals surface area (Å²) in [4.78, 5) is 0. The molecule has 0 radical (unpaired) electrons. The number of benzene rings is 2. The van der Waals surface area contributed by atoms with Crippen LogP contribution in [0.5, 0.6) is 0 Å². The highest BCUT2D eigenvalue weighted by molar-refractivity contribution is 14.1. The van der Waals surface area contributed by atoms with E-state index in [1.54, 1.807) is 19.1 Å². The van der Waals surface area contributed by atoms with Gasteiger partial charge in [0.25, 0.3) is 0 Å². The summed E-state index contributed by atoms with van der Waals surface area (Å²) in [6, 6.07) is 12.2. The second-order valence-electron chi connectivity index (χ2n) is 4.71. The first kappa shape index (κ1) is 14.8. The largest absolute Gasteiger partial charge is 0.385 e. The molecule has 0 heterocycles. The third-order valence-electron chi connectivity index (χ3n) is 3.00. The van der Waals surface area contributed by atoms with Gasteiger partial charge in [-0.25, -0.2) is 4.39 Å². The monoisotopic (exact) mass is 390 g/mol. The fraction of sp³-hybridized carbons (Fsp3) is 0.200. The molecule has 1 nitrogen and oxygen atoms in total. The summed E-state index contributed by atoms with van der Waals surface area (Å²) in [5, 5.41) is 10.6. The van der Waals surface area contributed by atoms with Crippen LogP contribution in [-0.2, 0) is 12.0 Å². The topological polar surface area (TPSA) is 20.2 Å². The summed E-state index contributed by atoms with van der Waals surface area (Å²) in [5.41, 5.74) is 0.620. The summed E-state index contributed by atoms with van der Waals surface area (Å²) < 4.78 is 14.2. The summed E-state index contributed by atoms with van der Waals surface area (Å²) in [5.74, 6) is -0.445. The van der Waals surface area contributed by atoms with Gasteiger partial charge in [-0.15, -0.1) is 0 Å². The van der Waals surface area contributed by atoms with E-state index in [1.165, 1.54) is 6.07 Å². The second kappa shape index (κ2) is 5.77. The van der Waals surface area contributed by atoms with Crippen molar-refractivity contribution in [2.75, 3.05) is 0 Å². The third kappa shape index (κ3) is 3.68. The van der Waals surface area contributed by atoms with E-state index in [2.05, 4.69) is 22.6 Å². The van der Waals surface area contributed by atoms with E-state index in [0.29, 0.717) is 6.42 Å². The summed E-state index contributed by atoms with van der Waals surface area (Å²) >= 11 is 7.97. The molecule has 0 fully saturated rings. The molecule has 0 aliphatic heterocycles. The molecule has 1 N–H and O–H groups in total. The Hall–Kier alpha value is -0.650. The Morgan fingerprint density at radius 2 is 1.84 bits per heavy atom. The van der Waals surface area contributed by atoms with E-state index in [9.17, 15) is 9.50 Å². The molecule has 19 heavy (non-hydrogen) atoms. The minimum absolute atomic E-state index is 0.0795. The van der Waals surface area contributed by atoms with Crippen LogP contribution in [0, 0.1) is 9.39 Å². The molecular weight excluding hydrogens is 378 g/mol. The minimum atomic E-state index is -1.01. The fourth-order valence-electron chi connectivity index (χ4n) is 1.96. The summed E-state index contributed by atoms with van der Waals surface area (Å²) in [6.45, 7) is 1.74. The molecule has 0 aliphatic rings. The first-order valence-corrected chi connectivity index (χ1v) is 7.26. The minimum Gasteiger partial charge on any atom is -0.385 e. The predicted molar refractivity (Wildman–Crippen MR) is 83.8 cm³/mol. The smallest absolute Gasteiger partial charge is 0.141 e. The number of hydrogen-bond donors (Lipinski definition) is 1. The maximum absolute atomic E-state index is 13.1. The van der Waals surface area contributed by atoms with Gasteiger partial charge in [0, 0.05) is 9.99 Å². The first-order valence-electron chi connectivity index (χ1n) is 5.81. The van der Waals surface area contributed by atoms with E-state index in [4.69, 9.17) is 11.6 Å². The first-order chi connectivity index (χ1) is 8.88. The summed E-state index contributed by atoms with van der Waals surface area (Å²) in [7, 11) is 0. The molecule has 2 aromatic carbocycles. The van der Waals surface area contributed by atoms with Gasteiger partial charge in [-0.2, -0.15) is 0 Å². The van der Waals surface area contributed by atoms with Crippen molar-refractivity contribution in [1.29, 1.82) is 0 Å². The van der Waals surface area contributed by atoms with Crippen molar-refractivity contribution in [3.8, 4) is 0 Å². The van der Waals surface area contributed by atoms with Crippen molar-refractivity contribution in [2.24, 2.45) is 0 Å². The normalized spacial score (nSPS) is 14.2. The van der Waals surface area contributed by atoms with E-state index in [0.717, 1.165) is 14.7 Å². The van der Waals surface area contributed by atoms with Crippen LogP contribution in [0.15, 0.2) is 42.5 Å². The van der Waals surface area contributed by atoms with Crippen molar-refractivity contribution in [3.63, 3.8) is 0 Å². The van der Waals surface area contributed by atoms with Gasteiger partial charge >= 0.3 is 0 Å². The lowest BCUT2D eigenvalue weighted by Crippen LogP contribution is -2.24. The Morgan fingerprint density at radius 1 is 1.21 bits per heavy atom. The second-order valence-corrected chi connectivity index (χ2v) is 6.36. The molecule has 0 saturated carbocycles. The van der Waals surface area contributed by atoms with Crippen molar-refractivity contribution in [2.45, 2.75) is 18.9 Å². The Kier molecular flexibility index (Phi) is 4.48. The van der Waals surface area contributed by atoms with Gasteiger partial charge in [0.2, 0.25) is 0 Å². The number of hydrogen-bond acceptors (Lipinski definition) is 1. The van der Waals surface area contributed by atoms with Gasteiger partial charge in [-0.1, -0.05) is 29.8 Å². The van der Waals surface area contributed by atoms with Gasteiger partial charge < -0.3 is 5.11 Å². The fourth-order valence-corrected chi connectivity index (χ4v) is 2.52. The van der Waals surface area contributed by atoms with Crippen LogP contribution in [0.4, 0.5) is 4.39 Å². The van der Waals surface area contributed by atoms with Gasteiger partial charge in [0.05, 0.1) is 10.6 Å². The molecule has 1 unspecified atom stereocenters. The third-order valence-corrected chi connectivity index (χ3v) is 4.01. The zero-order chi connectivity index (χ0) is 14.0. The van der Waals surface area contributed by atoms with Crippen LogP contribution in [-0.4, -0.2) is 5.11 Å². The molecule has 4 heteroatoms. The quantitative estimate of drug-likeness (QED) is 0.763. The highest BCUT2D eigenvalue weighted by Gasteiger charge is 2.23. The van der Waals surface area contributed by atoms with Gasteiger partial charge in [0.15, 0.2) is 0 Å². The molecule has 0 aliphatic carbocycles. The van der Waals surface area contributed by atoms with Gasteiger partial charge in [-0.05, 0) is 64.9 Å². The highest BCUT2D eigenvalue weighted by Crippen LogP contribution is 2.27. The molecule has 0 bridgehead atoms. The molecule has 2 aromatic rings. The maximum Gasteiger partial charge on any atom is 0.141 e. The molecular formula is C15H13ClFIO. The molecule has 0 amide bonds. The van der Waals surface area contributed by atoms with Crippen molar-refractivity contribution >= 4 is 34.2 Å². The average Bonchev–Trinajstić information content (AvgIpc) is 2.34. The lowest BCUT2D eigenvalue weighted by Gasteiger charge is -2.24. The molecule has 0 spiro atoms. The number of rotatable bonds is 3. The standard InChI is InChI=1S/C15H13ClFIO/c1-15(19,11-3-5-12(18)6-4-11)9-10-2-7-14(17)13(16)8-10/h2-8,19H,9H2,1H3. The van der Waals surface area contributed by atoms with E-state index >= 15 is 0 Å². The number of halogens is 3. The molecule has 0 aromatic heterocycles. The Labute approximate surface area is 130 Å². The lowest BCUT2D eigenvalue weighted by atomic mass is 9.89. The number of aliphatic hydroxyl groups is 1. The lowest BCUT2D eigenvalue weighted by molar-refractivity contribution is 0.0576. The molecule has 0 saturated heterocycles. The highest BCUT2D eigenvalue weighted by atomic mass is 127. The zero-order valence-electron chi connectivity index (χ0n) is 10.3. The van der Waals surface area contributed by atoms with Crippen LogP contribution in [0.2, 0.25) is 5.02 Å². The van der Waals surface area contributed by atoms with Crippen LogP contribution >= 0.6 is 34.2 Å². The molecule has 100 valence electrons. The Bertz CT molecular complexity index is 581. The molecule has 1 atom stereocenters. The van der Waals surface area contributed by atoms with Crippen molar-refractivity contribution in [1.82, 2.24) is 0 Å². The Morgan fingerprint density at radius 3 is 2.42 bits per heavy atom.